The highest BCUT2D eigenvalue weighted by Crippen LogP contribution is 2.42. The fraction of sp³-hybridized carbons (Fsp3) is 0.300. The van der Waals surface area contributed by atoms with Crippen molar-refractivity contribution in [2.75, 3.05) is 50.1 Å². The lowest BCUT2D eigenvalue weighted by Gasteiger charge is -2.40. The molecular formula is C30H37N3O6S3. The Balaban J connectivity index is 0.000000420. The van der Waals surface area contributed by atoms with Crippen LogP contribution in [0.5, 0.6) is 0 Å². The topological polar surface area (TPSA) is 128 Å². The Kier molecular flexibility index (Phi) is 12.2. The summed E-state index contributed by atoms with van der Waals surface area (Å²) in [4.78, 5) is 9.53. The van der Waals surface area contributed by atoms with Crippen LogP contribution in [0, 0.1) is 0 Å². The third-order valence-electron chi connectivity index (χ3n) is 6.66. The zero-order chi connectivity index (χ0) is 30.6. The maximum atomic E-state index is 9.19. The molecule has 2 N–H and O–H groups in total. The first-order chi connectivity index (χ1) is 19.9. The van der Waals surface area contributed by atoms with E-state index >= 15 is 0 Å². The molecule has 1 aliphatic rings. The van der Waals surface area contributed by atoms with E-state index in [9.17, 15) is 16.8 Å². The predicted octanol–water partition coefficient (Wildman–Crippen LogP) is 4.70. The van der Waals surface area contributed by atoms with E-state index in [1.54, 1.807) is 11.3 Å². The van der Waals surface area contributed by atoms with Gasteiger partial charge in [-0.15, -0.1) is 11.3 Å². The Labute approximate surface area is 253 Å². The van der Waals surface area contributed by atoms with Gasteiger partial charge in [0.2, 0.25) is 0 Å². The van der Waals surface area contributed by atoms with Gasteiger partial charge in [0.1, 0.15) is 0 Å². The standard InChI is InChI=1S/C28H29N3S.2CH4O3S/c1-4-10-24(11-5-1)28(25-12-6-2-7-13-25,26-14-8-3-9-15-26)16-18-30-19-21-31(22-20-30)27-29-17-23-32-27;2*1-5(2,3)4/h1-15,17,23H,16,18-22H2;2*1H3,(H,2,3,4). The van der Waals surface area contributed by atoms with Crippen LogP contribution < -0.4 is 4.90 Å². The van der Waals surface area contributed by atoms with E-state index in [4.69, 9.17) is 9.11 Å². The molecule has 5 rings (SSSR count). The zero-order valence-corrected chi connectivity index (χ0v) is 26.1. The second-order valence-electron chi connectivity index (χ2n) is 9.86. The van der Waals surface area contributed by atoms with Crippen molar-refractivity contribution in [3.8, 4) is 0 Å². The van der Waals surface area contributed by atoms with Crippen LogP contribution in [0.2, 0.25) is 0 Å². The second-order valence-corrected chi connectivity index (χ2v) is 13.7. The molecule has 3 aromatic carbocycles. The fourth-order valence-electron chi connectivity index (χ4n) is 4.96. The van der Waals surface area contributed by atoms with Crippen LogP contribution in [0.3, 0.4) is 0 Å². The molecule has 42 heavy (non-hydrogen) atoms. The Bertz CT molecular complexity index is 1400. The van der Waals surface area contributed by atoms with Gasteiger partial charge >= 0.3 is 0 Å². The number of piperazine rings is 1. The third-order valence-corrected chi connectivity index (χ3v) is 7.50. The van der Waals surface area contributed by atoms with Gasteiger partial charge in [0.15, 0.2) is 5.13 Å². The van der Waals surface area contributed by atoms with E-state index in [1.165, 1.54) is 16.7 Å². The second kappa shape index (κ2) is 15.4. The van der Waals surface area contributed by atoms with Crippen LogP contribution >= 0.6 is 11.3 Å². The Morgan fingerprint density at radius 3 is 1.43 bits per heavy atom. The van der Waals surface area contributed by atoms with Gasteiger partial charge in [0, 0.05) is 43.2 Å². The van der Waals surface area contributed by atoms with Gasteiger partial charge in [-0.05, 0) is 29.7 Å². The maximum Gasteiger partial charge on any atom is 0.261 e. The lowest BCUT2D eigenvalue weighted by Crippen LogP contribution is -2.47. The summed E-state index contributed by atoms with van der Waals surface area (Å²) in [6.45, 7) is 5.30. The minimum Gasteiger partial charge on any atom is -0.346 e. The number of benzene rings is 3. The van der Waals surface area contributed by atoms with Gasteiger partial charge in [-0.3, -0.25) is 14.0 Å². The van der Waals surface area contributed by atoms with Crippen LogP contribution in [0.25, 0.3) is 0 Å². The average molecular weight is 632 g/mol. The van der Waals surface area contributed by atoms with E-state index < -0.39 is 20.2 Å². The van der Waals surface area contributed by atoms with Crippen molar-refractivity contribution in [1.82, 2.24) is 9.88 Å². The third kappa shape index (κ3) is 10.9. The molecule has 0 atom stereocenters. The number of hydrogen-bond acceptors (Lipinski definition) is 8. The molecule has 2 heterocycles. The summed E-state index contributed by atoms with van der Waals surface area (Å²) in [5.74, 6) is 0. The highest BCUT2D eigenvalue weighted by Gasteiger charge is 2.36. The predicted molar refractivity (Wildman–Crippen MR) is 170 cm³/mol. The molecule has 9 nitrogen and oxygen atoms in total. The first kappa shape index (κ1) is 33.4. The molecule has 4 aromatic rings. The smallest absolute Gasteiger partial charge is 0.261 e. The monoisotopic (exact) mass is 631 g/mol. The summed E-state index contributed by atoms with van der Waals surface area (Å²) >= 11 is 1.74. The molecule has 0 amide bonds. The Hall–Kier alpha value is -3.13. The fourth-order valence-corrected chi connectivity index (χ4v) is 5.66. The molecule has 0 spiro atoms. The molecule has 1 aliphatic heterocycles. The first-order valence-corrected chi connectivity index (χ1v) is 17.8. The van der Waals surface area contributed by atoms with Crippen molar-refractivity contribution in [3.05, 3.63) is 119 Å². The van der Waals surface area contributed by atoms with Crippen molar-refractivity contribution < 1.29 is 25.9 Å². The first-order valence-electron chi connectivity index (χ1n) is 13.2. The highest BCUT2D eigenvalue weighted by atomic mass is 32.2. The van der Waals surface area contributed by atoms with Crippen LogP contribution in [-0.4, -0.2) is 81.1 Å². The van der Waals surface area contributed by atoms with Crippen LogP contribution in [0.1, 0.15) is 23.1 Å². The number of rotatable bonds is 7. The van der Waals surface area contributed by atoms with Crippen molar-refractivity contribution in [2.24, 2.45) is 0 Å². The van der Waals surface area contributed by atoms with Gasteiger partial charge in [0.05, 0.1) is 12.5 Å². The average Bonchev–Trinajstić information content (AvgIpc) is 3.49. The Morgan fingerprint density at radius 1 is 0.714 bits per heavy atom. The quantitative estimate of drug-likeness (QED) is 0.220. The molecule has 0 radical (unpaired) electrons. The van der Waals surface area contributed by atoms with Gasteiger partial charge in [0.25, 0.3) is 20.2 Å². The zero-order valence-electron chi connectivity index (χ0n) is 23.7. The molecule has 0 aliphatic carbocycles. The lowest BCUT2D eigenvalue weighted by molar-refractivity contribution is 0.242. The summed E-state index contributed by atoms with van der Waals surface area (Å²) in [7, 11) is -7.33. The lowest BCUT2D eigenvalue weighted by atomic mass is 9.67. The van der Waals surface area contributed by atoms with Crippen molar-refractivity contribution in [1.29, 1.82) is 0 Å². The number of aromatic nitrogens is 1. The van der Waals surface area contributed by atoms with Gasteiger partial charge in [-0.2, -0.15) is 16.8 Å². The number of nitrogens with zero attached hydrogens (tertiary/aromatic N) is 3. The molecule has 0 saturated carbocycles. The molecule has 12 heteroatoms. The minimum atomic E-state index is -3.67. The molecule has 0 bridgehead atoms. The summed E-state index contributed by atoms with van der Waals surface area (Å²) < 4.78 is 51.7. The Morgan fingerprint density at radius 2 is 1.10 bits per heavy atom. The largest absolute Gasteiger partial charge is 0.346 e. The normalized spacial score (nSPS) is 14.2. The SMILES string of the molecule is CS(=O)(=O)O.CS(=O)(=O)O.c1ccc(C(CCN2CCN(c3nccs3)CC2)(c2ccccc2)c2ccccc2)cc1. The minimum absolute atomic E-state index is 0.170. The van der Waals surface area contributed by atoms with Crippen molar-refractivity contribution >= 4 is 36.7 Å². The molecule has 0 unspecified atom stereocenters. The van der Waals surface area contributed by atoms with Crippen molar-refractivity contribution in [3.63, 3.8) is 0 Å². The number of thiazole rings is 1. The van der Waals surface area contributed by atoms with Crippen LogP contribution in [0.15, 0.2) is 103 Å². The summed E-state index contributed by atoms with van der Waals surface area (Å²) in [6, 6.07) is 33.1. The summed E-state index contributed by atoms with van der Waals surface area (Å²) in [6.07, 6.45) is 4.38. The van der Waals surface area contributed by atoms with Crippen molar-refractivity contribution in [2.45, 2.75) is 11.8 Å². The molecule has 1 aromatic heterocycles. The molecule has 1 saturated heterocycles. The van der Waals surface area contributed by atoms with Crippen LogP contribution in [0.4, 0.5) is 5.13 Å². The highest BCUT2D eigenvalue weighted by molar-refractivity contribution is 7.85. The summed E-state index contributed by atoms with van der Waals surface area (Å²) in [5.41, 5.74) is 3.91. The van der Waals surface area contributed by atoms with E-state index in [0.717, 1.165) is 44.3 Å². The maximum absolute atomic E-state index is 9.19. The van der Waals surface area contributed by atoms with Gasteiger partial charge in [-0.25, -0.2) is 4.98 Å². The van der Waals surface area contributed by atoms with E-state index in [0.29, 0.717) is 12.5 Å². The van der Waals surface area contributed by atoms with E-state index in [1.807, 2.05) is 6.20 Å². The van der Waals surface area contributed by atoms with E-state index in [2.05, 4.69) is 111 Å². The van der Waals surface area contributed by atoms with Crippen LogP contribution in [-0.2, 0) is 25.7 Å². The van der Waals surface area contributed by atoms with E-state index in [-0.39, 0.29) is 5.41 Å². The van der Waals surface area contributed by atoms with Gasteiger partial charge in [-0.1, -0.05) is 91.0 Å². The van der Waals surface area contributed by atoms with Gasteiger partial charge < -0.3 is 4.90 Å². The number of hydrogen-bond donors (Lipinski definition) is 2. The molecular weight excluding hydrogens is 595 g/mol. The molecule has 226 valence electrons. The summed E-state index contributed by atoms with van der Waals surface area (Å²) in [5, 5.41) is 3.21. The molecule has 1 fully saturated rings. The number of anilines is 1.